The highest BCUT2D eigenvalue weighted by atomic mass is 16.2. The number of hydrogen-bond acceptors (Lipinski definition) is 2. The molecule has 0 aromatic heterocycles. The Morgan fingerprint density at radius 3 is 2.62 bits per heavy atom. The number of urea groups is 1. The molecule has 0 aliphatic rings. The number of carbonyl (C=O) groups is 1. The van der Waals surface area contributed by atoms with Crippen LogP contribution in [0.5, 0.6) is 0 Å². The molecule has 0 aliphatic heterocycles. The van der Waals surface area contributed by atoms with E-state index in [9.17, 15) is 4.79 Å². The zero-order valence-corrected chi connectivity index (χ0v) is 9.53. The van der Waals surface area contributed by atoms with E-state index in [4.69, 9.17) is 5.26 Å². The fourth-order valence-corrected chi connectivity index (χ4v) is 1.18. The molecule has 0 unspecified atom stereocenters. The van der Waals surface area contributed by atoms with E-state index >= 15 is 0 Å². The number of rotatable bonds is 3. The van der Waals surface area contributed by atoms with Crippen LogP contribution in [-0.2, 0) is 0 Å². The number of carbonyl (C=O) groups excluding carboxylic acids is 1. The van der Waals surface area contributed by atoms with Crippen molar-refractivity contribution < 1.29 is 4.79 Å². The Bertz CT molecular complexity index is 392. The second kappa shape index (κ2) is 5.76. The van der Waals surface area contributed by atoms with E-state index in [1.54, 1.807) is 7.05 Å². The molecule has 4 heteroatoms. The van der Waals surface area contributed by atoms with Crippen molar-refractivity contribution in [3.63, 3.8) is 0 Å². The molecule has 84 valence electrons. The quantitative estimate of drug-likeness (QED) is 0.845. The number of aryl methyl sites for hydroxylation is 1. The fourth-order valence-electron chi connectivity index (χ4n) is 1.18. The highest BCUT2D eigenvalue weighted by Gasteiger charge is 2.07. The maximum atomic E-state index is 11.6. The number of nitriles is 1. The van der Waals surface area contributed by atoms with Crippen molar-refractivity contribution in [3.8, 4) is 6.07 Å². The molecule has 1 rings (SSSR count). The van der Waals surface area contributed by atoms with Gasteiger partial charge < -0.3 is 10.2 Å². The first kappa shape index (κ1) is 12.1. The number of benzene rings is 1. The molecule has 1 N–H and O–H groups in total. The predicted molar refractivity (Wildman–Crippen MR) is 63.1 cm³/mol. The Balaban J connectivity index is 2.51. The summed E-state index contributed by atoms with van der Waals surface area (Å²) in [6.45, 7) is 2.43. The van der Waals surface area contributed by atoms with Gasteiger partial charge in [-0.25, -0.2) is 4.79 Å². The predicted octanol–water partition coefficient (Wildman–Crippen LogP) is 2.37. The van der Waals surface area contributed by atoms with E-state index < -0.39 is 0 Å². The van der Waals surface area contributed by atoms with E-state index in [-0.39, 0.29) is 6.03 Å². The Labute approximate surface area is 95.5 Å². The molecule has 0 fully saturated rings. The van der Waals surface area contributed by atoms with Gasteiger partial charge in [0.2, 0.25) is 0 Å². The molecule has 0 aliphatic carbocycles. The minimum atomic E-state index is -0.195. The lowest BCUT2D eigenvalue weighted by atomic mass is 10.2. The van der Waals surface area contributed by atoms with Gasteiger partial charge in [-0.2, -0.15) is 5.26 Å². The van der Waals surface area contributed by atoms with Crippen molar-refractivity contribution in [2.45, 2.75) is 13.3 Å². The maximum Gasteiger partial charge on any atom is 0.321 e. The van der Waals surface area contributed by atoms with Gasteiger partial charge in [0, 0.05) is 19.3 Å². The molecule has 0 saturated heterocycles. The van der Waals surface area contributed by atoms with Crippen LogP contribution in [0.25, 0.3) is 0 Å². The number of amides is 2. The lowest BCUT2D eigenvalue weighted by Gasteiger charge is -2.16. The van der Waals surface area contributed by atoms with Crippen LogP contribution in [-0.4, -0.2) is 24.5 Å². The topological polar surface area (TPSA) is 56.1 Å². The molecule has 4 nitrogen and oxygen atoms in total. The zero-order valence-electron chi connectivity index (χ0n) is 9.53. The number of anilines is 1. The van der Waals surface area contributed by atoms with E-state index in [0.29, 0.717) is 13.0 Å². The fraction of sp³-hybridized carbons (Fsp3) is 0.333. The summed E-state index contributed by atoms with van der Waals surface area (Å²) >= 11 is 0. The number of nitrogens with zero attached hydrogens (tertiary/aromatic N) is 2. The first-order valence-electron chi connectivity index (χ1n) is 5.09. The lowest BCUT2D eigenvalue weighted by Crippen LogP contribution is -2.31. The van der Waals surface area contributed by atoms with Crippen LogP contribution >= 0.6 is 0 Å². The summed E-state index contributed by atoms with van der Waals surface area (Å²) in [7, 11) is 1.67. The molecule has 1 aromatic rings. The Morgan fingerprint density at radius 1 is 1.44 bits per heavy atom. The van der Waals surface area contributed by atoms with Crippen molar-refractivity contribution in [2.75, 3.05) is 18.9 Å². The third-order valence-corrected chi connectivity index (χ3v) is 2.21. The van der Waals surface area contributed by atoms with Gasteiger partial charge in [0.1, 0.15) is 0 Å². The van der Waals surface area contributed by atoms with Crippen LogP contribution in [0.2, 0.25) is 0 Å². The van der Waals surface area contributed by atoms with Crippen molar-refractivity contribution in [2.24, 2.45) is 0 Å². The maximum absolute atomic E-state index is 11.6. The second-order valence-corrected chi connectivity index (χ2v) is 3.63. The minimum absolute atomic E-state index is 0.195. The van der Waals surface area contributed by atoms with Crippen LogP contribution in [0.4, 0.5) is 10.5 Å². The SMILES string of the molecule is Cc1ccc(NC(=O)N(C)CCC#N)cc1. The van der Waals surface area contributed by atoms with Gasteiger partial charge in [0.15, 0.2) is 0 Å². The standard InChI is InChI=1S/C12H15N3O/c1-10-4-6-11(7-5-10)14-12(16)15(2)9-3-8-13/h4-7H,3,9H2,1-2H3,(H,14,16). The molecule has 2 amide bonds. The first-order valence-corrected chi connectivity index (χ1v) is 5.09. The molecule has 0 atom stereocenters. The van der Waals surface area contributed by atoms with Crippen LogP contribution < -0.4 is 5.32 Å². The Hall–Kier alpha value is -2.02. The smallest absolute Gasteiger partial charge is 0.321 e. The molecule has 0 heterocycles. The number of nitrogens with one attached hydrogen (secondary N) is 1. The average molecular weight is 217 g/mol. The Morgan fingerprint density at radius 2 is 2.06 bits per heavy atom. The molecule has 0 spiro atoms. The van der Waals surface area contributed by atoms with E-state index in [1.165, 1.54) is 4.90 Å². The first-order chi connectivity index (χ1) is 7.63. The second-order valence-electron chi connectivity index (χ2n) is 3.63. The molecule has 0 saturated carbocycles. The van der Waals surface area contributed by atoms with Crippen molar-refractivity contribution in [3.05, 3.63) is 29.8 Å². The highest BCUT2D eigenvalue weighted by Crippen LogP contribution is 2.09. The molecule has 16 heavy (non-hydrogen) atoms. The summed E-state index contributed by atoms with van der Waals surface area (Å²) in [5.74, 6) is 0. The summed E-state index contributed by atoms with van der Waals surface area (Å²) in [6.07, 6.45) is 0.345. The zero-order chi connectivity index (χ0) is 12.0. The summed E-state index contributed by atoms with van der Waals surface area (Å²) in [6, 6.07) is 9.38. The molecule has 0 radical (unpaired) electrons. The summed E-state index contributed by atoms with van der Waals surface area (Å²) in [4.78, 5) is 13.1. The van der Waals surface area contributed by atoms with Crippen molar-refractivity contribution in [1.82, 2.24) is 4.90 Å². The van der Waals surface area contributed by atoms with Gasteiger partial charge in [0.05, 0.1) is 12.5 Å². The third-order valence-electron chi connectivity index (χ3n) is 2.21. The average Bonchev–Trinajstić information content (AvgIpc) is 2.29. The van der Waals surface area contributed by atoms with Gasteiger partial charge in [0.25, 0.3) is 0 Å². The van der Waals surface area contributed by atoms with Crippen LogP contribution in [0.3, 0.4) is 0 Å². The normalized spacial score (nSPS) is 9.31. The van der Waals surface area contributed by atoms with Crippen LogP contribution in [0, 0.1) is 18.3 Å². The highest BCUT2D eigenvalue weighted by molar-refractivity contribution is 5.89. The van der Waals surface area contributed by atoms with Crippen molar-refractivity contribution >= 4 is 11.7 Å². The summed E-state index contributed by atoms with van der Waals surface area (Å²) in [5, 5.41) is 11.2. The van der Waals surface area contributed by atoms with Gasteiger partial charge in [-0.15, -0.1) is 0 Å². The van der Waals surface area contributed by atoms with Gasteiger partial charge in [-0.05, 0) is 19.1 Å². The Kier molecular flexibility index (Phi) is 4.34. The van der Waals surface area contributed by atoms with Crippen LogP contribution in [0.1, 0.15) is 12.0 Å². The summed E-state index contributed by atoms with van der Waals surface area (Å²) in [5.41, 5.74) is 1.91. The third kappa shape index (κ3) is 3.62. The minimum Gasteiger partial charge on any atom is -0.327 e. The van der Waals surface area contributed by atoms with Crippen LogP contribution in [0.15, 0.2) is 24.3 Å². The molecule has 1 aromatic carbocycles. The van der Waals surface area contributed by atoms with Gasteiger partial charge >= 0.3 is 6.03 Å². The van der Waals surface area contributed by atoms with Gasteiger partial charge in [-0.1, -0.05) is 17.7 Å². The van der Waals surface area contributed by atoms with E-state index in [1.807, 2.05) is 37.3 Å². The van der Waals surface area contributed by atoms with E-state index in [0.717, 1.165) is 11.3 Å². The molecule has 0 bridgehead atoms. The molecular formula is C12H15N3O. The summed E-state index contributed by atoms with van der Waals surface area (Å²) < 4.78 is 0. The largest absolute Gasteiger partial charge is 0.327 e. The lowest BCUT2D eigenvalue weighted by molar-refractivity contribution is 0.223. The van der Waals surface area contributed by atoms with Crippen molar-refractivity contribution in [1.29, 1.82) is 5.26 Å². The van der Waals surface area contributed by atoms with E-state index in [2.05, 4.69) is 5.32 Å². The molecular weight excluding hydrogens is 202 g/mol. The van der Waals surface area contributed by atoms with Gasteiger partial charge in [-0.3, -0.25) is 0 Å². The monoisotopic (exact) mass is 217 g/mol. The number of hydrogen-bond donors (Lipinski definition) is 1.